The first kappa shape index (κ1) is 17.9. The molecule has 0 aliphatic heterocycles. The van der Waals surface area contributed by atoms with Gasteiger partial charge in [0.2, 0.25) is 0 Å². The molecule has 1 rings (SSSR count). The first-order chi connectivity index (χ1) is 9.45. The summed E-state index contributed by atoms with van der Waals surface area (Å²) in [6, 6.07) is 4.02. The van der Waals surface area contributed by atoms with Gasteiger partial charge in [-0.2, -0.15) is 0 Å². The molecule has 0 bridgehead atoms. The number of ether oxygens (including phenoxy) is 2. The van der Waals surface area contributed by atoms with Crippen LogP contribution in [-0.2, 0) is 11.3 Å². The van der Waals surface area contributed by atoms with Crippen LogP contribution in [0.1, 0.15) is 19.4 Å². The van der Waals surface area contributed by atoms with Crippen molar-refractivity contribution in [2.75, 3.05) is 20.3 Å². The Balaban J connectivity index is 2.71. The molecule has 1 aromatic carbocycles. The van der Waals surface area contributed by atoms with Crippen molar-refractivity contribution in [3.8, 4) is 5.75 Å². The average Bonchev–Trinajstić information content (AvgIpc) is 2.38. The second-order valence-electron chi connectivity index (χ2n) is 4.62. The van der Waals surface area contributed by atoms with Crippen molar-refractivity contribution in [2.24, 2.45) is 0 Å². The van der Waals surface area contributed by atoms with Crippen LogP contribution in [0.25, 0.3) is 0 Å². The molecule has 0 saturated carbocycles. The summed E-state index contributed by atoms with van der Waals surface area (Å²) in [5.74, 6) is 0.707. The van der Waals surface area contributed by atoms with E-state index in [1.807, 2.05) is 19.1 Å². The minimum Gasteiger partial charge on any atom is -0.486 e. The Morgan fingerprint density at radius 3 is 2.35 bits per heavy atom. The lowest BCUT2D eigenvalue weighted by atomic mass is 10.2. The summed E-state index contributed by atoms with van der Waals surface area (Å²) in [6.45, 7) is 5.80. The maximum absolute atomic E-state index is 9.51. The monoisotopic (exact) mass is 409 g/mol. The lowest BCUT2D eigenvalue weighted by Gasteiger charge is -2.20. The third-order valence-electron chi connectivity index (χ3n) is 2.85. The summed E-state index contributed by atoms with van der Waals surface area (Å²) in [6.07, 6.45) is -0.794. The fourth-order valence-corrected chi connectivity index (χ4v) is 2.99. The van der Waals surface area contributed by atoms with Crippen LogP contribution in [0.15, 0.2) is 21.1 Å². The van der Waals surface area contributed by atoms with Gasteiger partial charge in [0.25, 0.3) is 0 Å². The molecule has 0 aromatic heterocycles. The van der Waals surface area contributed by atoms with Crippen molar-refractivity contribution in [1.82, 2.24) is 5.32 Å². The number of aliphatic hydroxyl groups excluding tert-OH is 1. The van der Waals surface area contributed by atoms with E-state index in [4.69, 9.17) is 9.47 Å². The second-order valence-corrected chi connectivity index (χ2v) is 6.33. The summed E-state index contributed by atoms with van der Waals surface area (Å²) < 4.78 is 12.5. The van der Waals surface area contributed by atoms with Gasteiger partial charge in [0, 0.05) is 20.2 Å². The van der Waals surface area contributed by atoms with Gasteiger partial charge in [0.1, 0.15) is 11.9 Å². The fourth-order valence-electron chi connectivity index (χ4n) is 1.52. The highest BCUT2D eigenvalue weighted by molar-refractivity contribution is 9.11. The van der Waals surface area contributed by atoms with Gasteiger partial charge >= 0.3 is 0 Å². The van der Waals surface area contributed by atoms with Crippen LogP contribution < -0.4 is 10.1 Å². The highest BCUT2D eigenvalue weighted by atomic mass is 79.9. The molecule has 2 unspecified atom stereocenters. The zero-order valence-electron chi connectivity index (χ0n) is 12.0. The Labute approximate surface area is 137 Å². The van der Waals surface area contributed by atoms with E-state index in [1.54, 1.807) is 14.0 Å². The van der Waals surface area contributed by atoms with Gasteiger partial charge in [-0.05, 0) is 63.4 Å². The summed E-state index contributed by atoms with van der Waals surface area (Å²) in [5, 5.41) is 12.8. The van der Waals surface area contributed by atoms with Crippen LogP contribution in [0.2, 0.25) is 0 Å². The van der Waals surface area contributed by atoms with Crippen molar-refractivity contribution < 1.29 is 14.6 Å². The van der Waals surface area contributed by atoms with Gasteiger partial charge in [0.05, 0.1) is 21.7 Å². The fraction of sp³-hybridized carbons (Fsp3) is 0.571. The number of rotatable bonds is 8. The quantitative estimate of drug-likeness (QED) is 0.646. The number of methoxy groups -OCH3 is 1. The van der Waals surface area contributed by atoms with E-state index in [1.165, 1.54) is 0 Å². The molecule has 2 atom stereocenters. The highest BCUT2D eigenvalue weighted by Gasteiger charge is 2.15. The summed E-state index contributed by atoms with van der Waals surface area (Å²) in [4.78, 5) is 0. The van der Waals surface area contributed by atoms with E-state index in [2.05, 4.69) is 37.2 Å². The maximum Gasteiger partial charge on any atom is 0.148 e. The number of halogens is 2. The van der Waals surface area contributed by atoms with Crippen LogP contribution in [0.4, 0.5) is 0 Å². The van der Waals surface area contributed by atoms with Crippen LogP contribution in [0.5, 0.6) is 5.75 Å². The minimum atomic E-state index is -0.524. The van der Waals surface area contributed by atoms with E-state index in [9.17, 15) is 5.11 Å². The average molecular weight is 411 g/mol. The van der Waals surface area contributed by atoms with Gasteiger partial charge in [-0.15, -0.1) is 0 Å². The Hall–Kier alpha value is -0.140. The minimum absolute atomic E-state index is 0.270. The van der Waals surface area contributed by atoms with Crippen LogP contribution in [-0.4, -0.2) is 37.6 Å². The molecular weight excluding hydrogens is 390 g/mol. The molecule has 0 saturated heterocycles. The van der Waals surface area contributed by atoms with Crippen molar-refractivity contribution in [3.63, 3.8) is 0 Å². The third kappa shape index (κ3) is 5.69. The molecule has 6 heteroatoms. The molecule has 0 radical (unpaired) electrons. The third-order valence-corrected chi connectivity index (χ3v) is 4.03. The van der Waals surface area contributed by atoms with Crippen molar-refractivity contribution in [2.45, 2.75) is 32.6 Å². The van der Waals surface area contributed by atoms with E-state index in [0.29, 0.717) is 12.4 Å². The lowest BCUT2D eigenvalue weighted by Crippen LogP contribution is -2.26. The van der Waals surface area contributed by atoms with E-state index < -0.39 is 6.10 Å². The SMILES string of the molecule is COCCNCc1cc(Br)c(OC(C)C(C)O)c(Br)c1. The Morgan fingerprint density at radius 2 is 1.85 bits per heavy atom. The van der Waals surface area contributed by atoms with Crippen LogP contribution >= 0.6 is 31.9 Å². The lowest BCUT2D eigenvalue weighted by molar-refractivity contribution is 0.0594. The Kier molecular flexibility index (Phi) is 8.06. The molecule has 2 N–H and O–H groups in total. The van der Waals surface area contributed by atoms with Crippen molar-refractivity contribution >= 4 is 31.9 Å². The largest absolute Gasteiger partial charge is 0.486 e. The number of hydrogen-bond donors (Lipinski definition) is 2. The van der Waals surface area contributed by atoms with Gasteiger partial charge < -0.3 is 19.9 Å². The van der Waals surface area contributed by atoms with Gasteiger partial charge in [-0.3, -0.25) is 0 Å². The first-order valence-corrected chi connectivity index (χ1v) is 8.06. The predicted molar refractivity (Wildman–Crippen MR) is 87.2 cm³/mol. The summed E-state index contributed by atoms with van der Waals surface area (Å²) in [5.41, 5.74) is 1.14. The normalized spacial score (nSPS) is 14.1. The molecule has 0 aliphatic carbocycles. The van der Waals surface area contributed by atoms with Crippen LogP contribution in [0.3, 0.4) is 0 Å². The molecule has 0 spiro atoms. The number of nitrogens with one attached hydrogen (secondary N) is 1. The predicted octanol–water partition coefficient (Wildman–Crippen LogP) is 3.10. The molecule has 0 aliphatic rings. The number of benzene rings is 1. The van der Waals surface area contributed by atoms with Crippen molar-refractivity contribution in [3.05, 3.63) is 26.6 Å². The highest BCUT2D eigenvalue weighted by Crippen LogP contribution is 2.35. The summed E-state index contributed by atoms with van der Waals surface area (Å²) in [7, 11) is 1.68. The van der Waals surface area contributed by atoms with E-state index >= 15 is 0 Å². The second kappa shape index (κ2) is 9.00. The molecule has 0 fully saturated rings. The first-order valence-electron chi connectivity index (χ1n) is 6.48. The molecular formula is C14H21Br2NO3. The zero-order chi connectivity index (χ0) is 15.1. The smallest absolute Gasteiger partial charge is 0.148 e. The molecule has 20 heavy (non-hydrogen) atoms. The molecule has 1 aromatic rings. The molecule has 0 heterocycles. The van der Waals surface area contributed by atoms with E-state index in [0.717, 1.165) is 27.6 Å². The Bertz CT molecular complexity index is 404. The van der Waals surface area contributed by atoms with Gasteiger partial charge in [0.15, 0.2) is 0 Å². The van der Waals surface area contributed by atoms with Crippen molar-refractivity contribution in [1.29, 1.82) is 0 Å². The van der Waals surface area contributed by atoms with Gasteiger partial charge in [-0.1, -0.05) is 0 Å². The van der Waals surface area contributed by atoms with Gasteiger partial charge in [-0.25, -0.2) is 0 Å². The summed E-state index contributed by atoms with van der Waals surface area (Å²) >= 11 is 7.02. The molecule has 0 amide bonds. The standard InChI is InChI=1S/C14H21Br2NO3/c1-9(18)10(2)20-14-12(15)6-11(7-13(14)16)8-17-4-5-19-3/h6-7,9-10,17-18H,4-5,8H2,1-3H3. The molecule has 114 valence electrons. The van der Waals surface area contributed by atoms with Crippen LogP contribution in [0, 0.1) is 0 Å². The maximum atomic E-state index is 9.51. The number of hydrogen-bond acceptors (Lipinski definition) is 4. The topological polar surface area (TPSA) is 50.7 Å². The zero-order valence-corrected chi connectivity index (χ0v) is 15.1. The Morgan fingerprint density at radius 1 is 1.25 bits per heavy atom. The number of aliphatic hydroxyl groups is 1. The molecule has 4 nitrogen and oxygen atoms in total. The van der Waals surface area contributed by atoms with E-state index in [-0.39, 0.29) is 6.10 Å².